The lowest BCUT2D eigenvalue weighted by Gasteiger charge is -2.40. The summed E-state index contributed by atoms with van der Waals surface area (Å²) in [7, 11) is 0. The lowest BCUT2D eigenvalue weighted by atomic mass is 9.70. The lowest BCUT2D eigenvalue weighted by Crippen LogP contribution is -2.46. The maximum Gasteiger partial charge on any atom is 0.140 e. The third-order valence-corrected chi connectivity index (χ3v) is 5.87. The normalized spacial score (nSPS) is 18.3. The fourth-order valence-corrected chi connectivity index (χ4v) is 4.42. The standard InChI is InChI=1S/C19H23NOS/c1-15-8-9-18(22-15)14-20-12-10-19(11-13-20,16(2)21)17-6-4-3-5-7-17/h3-9H,10-14H2,1-2H3. The van der Waals surface area contributed by atoms with Gasteiger partial charge in [0.2, 0.25) is 0 Å². The van der Waals surface area contributed by atoms with Crippen molar-refractivity contribution < 1.29 is 4.79 Å². The van der Waals surface area contributed by atoms with E-state index in [1.807, 2.05) is 29.5 Å². The van der Waals surface area contributed by atoms with Crippen LogP contribution in [-0.2, 0) is 16.8 Å². The molecule has 2 nitrogen and oxygen atoms in total. The first-order valence-electron chi connectivity index (χ1n) is 7.94. The summed E-state index contributed by atoms with van der Waals surface area (Å²) in [5.41, 5.74) is 0.914. The summed E-state index contributed by atoms with van der Waals surface area (Å²) in [4.78, 5) is 17.6. The number of Topliss-reactive ketones (excluding diaryl/α,β-unsaturated/α-hetero) is 1. The lowest BCUT2D eigenvalue weighted by molar-refractivity contribution is -0.124. The van der Waals surface area contributed by atoms with Gasteiger partial charge in [-0.15, -0.1) is 11.3 Å². The summed E-state index contributed by atoms with van der Waals surface area (Å²) in [6, 6.07) is 14.7. The first-order valence-corrected chi connectivity index (χ1v) is 8.76. The van der Waals surface area contributed by atoms with Crippen molar-refractivity contribution in [2.24, 2.45) is 0 Å². The zero-order chi connectivity index (χ0) is 15.6. The number of rotatable bonds is 4. The Hall–Kier alpha value is -1.45. The minimum absolute atomic E-state index is 0.275. The SMILES string of the molecule is CC(=O)C1(c2ccccc2)CCN(Cc2ccc(C)s2)CC1. The number of hydrogen-bond donors (Lipinski definition) is 0. The number of hydrogen-bond acceptors (Lipinski definition) is 3. The molecule has 116 valence electrons. The smallest absolute Gasteiger partial charge is 0.140 e. The summed E-state index contributed by atoms with van der Waals surface area (Å²) < 4.78 is 0. The Morgan fingerprint density at radius 1 is 1.14 bits per heavy atom. The van der Waals surface area contributed by atoms with E-state index >= 15 is 0 Å². The van der Waals surface area contributed by atoms with Gasteiger partial charge in [-0.25, -0.2) is 0 Å². The second kappa shape index (κ2) is 6.35. The minimum Gasteiger partial charge on any atom is -0.299 e. The van der Waals surface area contributed by atoms with E-state index in [1.54, 1.807) is 6.92 Å². The molecule has 0 N–H and O–H groups in total. The van der Waals surface area contributed by atoms with Gasteiger partial charge < -0.3 is 0 Å². The molecule has 0 saturated carbocycles. The Kier molecular flexibility index (Phi) is 4.46. The van der Waals surface area contributed by atoms with Crippen LogP contribution in [0.4, 0.5) is 0 Å². The molecule has 0 spiro atoms. The van der Waals surface area contributed by atoms with Gasteiger partial charge in [0.05, 0.1) is 5.41 Å². The molecule has 2 aromatic rings. The molecule has 1 aliphatic rings. The van der Waals surface area contributed by atoms with Gasteiger partial charge in [0.25, 0.3) is 0 Å². The molecule has 0 bridgehead atoms. The second-order valence-electron chi connectivity index (χ2n) is 6.29. The van der Waals surface area contributed by atoms with E-state index in [-0.39, 0.29) is 5.41 Å². The van der Waals surface area contributed by atoms with Crippen LogP contribution in [0.25, 0.3) is 0 Å². The number of piperidine rings is 1. The van der Waals surface area contributed by atoms with Gasteiger partial charge in [-0.1, -0.05) is 30.3 Å². The van der Waals surface area contributed by atoms with Crippen molar-refractivity contribution in [3.05, 3.63) is 57.8 Å². The van der Waals surface area contributed by atoms with E-state index in [0.29, 0.717) is 5.78 Å². The second-order valence-corrected chi connectivity index (χ2v) is 7.67. The summed E-state index contributed by atoms with van der Waals surface area (Å²) in [6.07, 6.45) is 1.85. The Morgan fingerprint density at radius 2 is 1.82 bits per heavy atom. The highest BCUT2D eigenvalue weighted by Gasteiger charge is 2.40. The summed E-state index contributed by atoms with van der Waals surface area (Å²) in [5.74, 6) is 0.310. The molecule has 1 saturated heterocycles. The average molecular weight is 313 g/mol. The number of thiophene rings is 1. The molecule has 0 unspecified atom stereocenters. The number of likely N-dealkylation sites (tertiary alicyclic amines) is 1. The van der Waals surface area contributed by atoms with Crippen molar-refractivity contribution in [2.75, 3.05) is 13.1 Å². The topological polar surface area (TPSA) is 20.3 Å². The van der Waals surface area contributed by atoms with E-state index in [0.717, 1.165) is 32.5 Å². The first-order chi connectivity index (χ1) is 10.6. The number of ketones is 1. The molecule has 1 fully saturated rings. The van der Waals surface area contributed by atoms with Crippen LogP contribution in [0.5, 0.6) is 0 Å². The molecule has 0 radical (unpaired) electrons. The van der Waals surface area contributed by atoms with Crippen molar-refractivity contribution in [1.82, 2.24) is 4.90 Å². The molecule has 3 heteroatoms. The maximum absolute atomic E-state index is 12.4. The third-order valence-electron chi connectivity index (χ3n) is 4.89. The summed E-state index contributed by atoms with van der Waals surface area (Å²) in [6.45, 7) is 6.91. The Labute approximate surface area is 136 Å². The number of nitrogens with zero attached hydrogens (tertiary/aromatic N) is 1. The number of carbonyl (C=O) groups is 1. The molecule has 1 aromatic heterocycles. The van der Waals surface area contributed by atoms with Gasteiger partial charge in [-0.2, -0.15) is 0 Å². The molecule has 1 aliphatic heterocycles. The Morgan fingerprint density at radius 3 is 2.36 bits per heavy atom. The molecule has 0 amide bonds. The fraction of sp³-hybridized carbons (Fsp3) is 0.421. The molecule has 0 aliphatic carbocycles. The van der Waals surface area contributed by atoms with E-state index in [2.05, 4.69) is 36.1 Å². The van der Waals surface area contributed by atoms with Crippen molar-refractivity contribution in [3.63, 3.8) is 0 Å². The molecular formula is C19H23NOS. The van der Waals surface area contributed by atoms with Gasteiger partial charge in [-0.05, 0) is 57.5 Å². The summed E-state index contributed by atoms with van der Waals surface area (Å²) in [5, 5.41) is 0. The fourth-order valence-electron chi connectivity index (χ4n) is 3.48. The average Bonchev–Trinajstić information content (AvgIpc) is 2.94. The largest absolute Gasteiger partial charge is 0.299 e. The van der Waals surface area contributed by atoms with Crippen molar-refractivity contribution in [3.8, 4) is 0 Å². The minimum atomic E-state index is -0.275. The summed E-state index contributed by atoms with van der Waals surface area (Å²) >= 11 is 1.88. The van der Waals surface area contributed by atoms with Crippen LogP contribution in [-0.4, -0.2) is 23.8 Å². The monoisotopic (exact) mass is 313 g/mol. The first kappa shape index (κ1) is 15.4. The quantitative estimate of drug-likeness (QED) is 0.844. The van der Waals surface area contributed by atoms with Crippen LogP contribution in [0.1, 0.15) is 35.1 Å². The molecule has 3 rings (SSSR count). The van der Waals surface area contributed by atoms with Gasteiger partial charge in [0.15, 0.2) is 0 Å². The Bertz CT molecular complexity index is 638. The van der Waals surface area contributed by atoms with Crippen LogP contribution >= 0.6 is 11.3 Å². The van der Waals surface area contributed by atoms with Crippen LogP contribution in [0.2, 0.25) is 0 Å². The highest BCUT2D eigenvalue weighted by Crippen LogP contribution is 2.37. The van der Waals surface area contributed by atoms with Crippen molar-refractivity contribution in [1.29, 1.82) is 0 Å². The van der Waals surface area contributed by atoms with Gasteiger partial charge in [-0.3, -0.25) is 9.69 Å². The molecule has 1 aromatic carbocycles. The van der Waals surface area contributed by atoms with Crippen LogP contribution in [0.3, 0.4) is 0 Å². The third kappa shape index (κ3) is 3.01. The highest BCUT2D eigenvalue weighted by atomic mass is 32.1. The van der Waals surface area contributed by atoms with Crippen LogP contribution in [0, 0.1) is 6.92 Å². The highest BCUT2D eigenvalue weighted by molar-refractivity contribution is 7.11. The van der Waals surface area contributed by atoms with Crippen LogP contribution in [0.15, 0.2) is 42.5 Å². The van der Waals surface area contributed by atoms with Crippen molar-refractivity contribution in [2.45, 2.75) is 38.6 Å². The molecule has 2 heterocycles. The zero-order valence-corrected chi connectivity index (χ0v) is 14.2. The molecular weight excluding hydrogens is 290 g/mol. The maximum atomic E-state index is 12.4. The van der Waals surface area contributed by atoms with E-state index in [1.165, 1.54) is 15.3 Å². The predicted octanol–water partition coefficient (Wildman–Crippen LogP) is 4.18. The van der Waals surface area contributed by atoms with Gasteiger partial charge in [0, 0.05) is 16.3 Å². The zero-order valence-electron chi connectivity index (χ0n) is 13.3. The van der Waals surface area contributed by atoms with E-state index < -0.39 is 0 Å². The molecule has 0 atom stereocenters. The van der Waals surface area contributed by atoms with Gasteiger partial charge >= 0.3 is 0 Å². The Balaban J connectivity index is 1.72. The van der Waals surface area contributed by atoms with Gasteiger partial charge in [0.1, 0.15) is 5.78 Å². The molecule has 22 heavy (non-hydrogen) atoms. The predicted molar refractivity (Wildman–Crippen MR) is 92.4 cm³/mol. The van der Waals surface area contributed by atoms with E-state index in [4.69, 9.17) is 0 Å². The number of aryl methyl sites for hydroxylation is 1. The van der Waals surface area contributed by atoms with Crippen molar-refractivity contribution >= 4 is 17.1 Å². The number of benzene rings is 1. The number of carbonyl (C=O) groups excluding carboxylic acids is 1. The van der Waals surface area contributed by atoms with E-state index in [9.17, 15) is 4.79 Å². The van der Waals surface area contributed by atoms with Crippen LogP contribution < -0.4 is 0 Å².